The first-order valence-corrected chi connectivity index (χ1v) is 9.84. The predicted molar refractivity (Wildman–Crippen MR) is 100 cm³/mol. The minimum absolute atomic E-state index is 0.0348. The Morgan fingerprint density at radius 3 is 2.58 bits per heavy atom. The average Bonchev–Trinajstić information content (AvgIpc) is 2.89. The molecule has 8 heteroatoms. The van der Waals surface area contributed by atoms with Crippen molar-refractivity contribution in [3.8, 4) is 0 Å². The van der Waals surface area contributed by atoms with E-state index in [2.05, 4.69) is 4.98 Å². The molecule has 0 saturated carbocycles. The SMILES string of the molecule is CCCn1c(COC(=O)C=C(C)C)nc2cc(S(=O)(=O)N(C)C)ccc21. The zero-order valence-electron chi connectivity index (χ0n) is 15.8. The van der Waals surface area contributed by atoms with E-state index in [-0.39, 0.29) is 11.5 Å². The maximum absolute atomic E-state index is 12.3. The van der Waals surface area contributed by atoms with Crippen molar-refractivity contribution in [3.05, 3.63) is 35.7 Å². The molecule has 0 amide bonds. The Hall–Kier alpha value is -2.19. The first-order valence-electron chi connectivity index (χ1n) is 8.40. The summed E-state index contributed by atoms with van der Waals surface area (Å²) in [5, 5.41) is 0. The van der Waals surface area contributed by atoms with Gasteiger partial charge in [-0.3, -0.25) is 0 Å². The van der Waals surface area contributed by atoms with Crippen LogP contribution in [0.2, 0.25) is 0 Å². The van der Waals surface area contributed by atoms with Crippen LogP contribution in [0.4, 0.5) is 0 Å². The highest BCUT2D eigenvalue weighted by molar-refractivity contribution is 7.89. The minimum atomic E-state index is -3.53. The van der Waals surface area contributed by atoms with Crippen LogP contribution in [0, 0.1) is 0 Å². The second-order valence-electron chi connectivity index (χ2n) is 6.45. The normalized spacial score (nSPS) is 11.8. The lowest BCUT2D eigenvalue weighted by Gasteiger charge is -2.11. The lowest BCUT2D eigenvalue weighted by atomic mass is 10.3. The van der Waals surface area contributed by atoms with Gasteiger partial charge in [0.05, 0.1) is 15.9 Å². The molecule has 1 aromatic heterocycles. The van der Waals surface area contributed by atoms with Crippen molar-refractivity contribution in [2.24, 2.45) is 0 Å². The number of benzene rings is 1. The average molecular weight is 379 g/mol. The molecule has 142 valence electrons. The van der Waals surface area contributed by atoms with Gasteiger partial charge in [-0.25, -0.2) is 22.5 Å². The Bertz CT molecular complexity index is 939. The fourth-order valence-corrected chi connectivity index (χ4v) is 3.45. The molecular formula is C18H25N3O4S. The van der Waals surface area contributed by atoms with E-state index < -0.39 is 16.0 Å². The first kappa shape index (κ1) is 20.1. The van der Waals surface area contributed by atoms with E-state index >= 15 is 0 Å². The zero-order chi connectivity index (χ0) is 19.5. The number of allylic oxidation sites excluding steroid dienone is 1. The lowest BCUT2D eigenvalue weighted by Crippen LogP contribution is -2.22. The monoisotopic (exact) mass is 379 g/mol. The summed E-state index contributed by atoms with van der Waals surface area (Å²) in [5.74, 6) is 0.174. The molecule has 0 unspecified atom stereocenters. The number of nitrogens with zero attached hydrogens (tertiary/aromatic N) is 3. The van der Waals surface area contributed by atoms with Crippen molar-refractivity contribution >= 4 is 27.0 Å². The Balaban J connectivity index is 2.42. The number of rotatable bonds is 7. The third kappa shape index (κ3) is 4.31. The standard InChI is InChI=1S/C18H25N3O4S/c1-6-9-21-16-8-7-14(26(23,24)20(4)5)11-15(16)19-17(21)12-25-18(22)10-13(2)3/h7-8,10-11H,6,9,12H2,1-5H3. The second-order valence-corrected chi connectivity index (χ2v) is 8.60. The molecule has 1 aromatic carbocycles. The molecule has 7 nitrogen and oxygen atoms in total. The molecule has 0 aliphatic carbocycles. The summed E-state index contributed by atoms with van der Waals surface area (Å²) in [6, 6.07) is 4.87. The van der Waals surface area contributed by atoms with Gasteiger partial charge in [0.2, 0.25) is 10.0 Å². The Kier molecular flexibility index (Phi) is 6.20. The maximum atomic E-state index is 12.3. The number of carbonyl (C=O) groups excluding carboxylic acids is 1. The van der Waals surface area contributed by atoms with Crippen LogP contribution in [0.15, 0.2) is 34.7 Å². The van der Waals surface area contributed by atoms with Crippen molar-refractivity contribution in [1.29, 1.82) is 0 Å². The first-order chi connectivity index (χ1) is 12.2. The molecule has 2 aromatic rings. The number of hydrogen-bond donors (Lipinski definition) is 0. The summed E-state index contributed by atoms with van der Waals surface area (Å²) < 4.78 is 33.0. The number of hydrogen-bond acceptors (Lipinski definition) is 5. The molecule has 0 saturated heterocycles. The van der Waals surface area contributed by atoms with Crippen LogP contribution in [-0.2, 0) is 32.7 Å². The van der Waals surface area contributed by atoms with Gasteiger partial charge in [0, 0.05) is 26.7 Å². The van der Waals surface area contributed by atoms with Crippen LogP contribution in [0.3, 0.4) is 0 Å². The highest BCUT2D eigenvalue weighted by Gasteiger charge is 2.20. The quantitative estimate of drug-likeness (QED) is 0.546. The van der Waals surface area contributed by atoms with Crippen LogP contribution >= 0.6 is 0 Å². The highest BCUT2D eigenvalue weighted by Crippen LogP contribution is 2.23. The smallest absolute Gasteiger partial charge is 0.331 e. The summed E-state index contributed by atoms with van der Waals surface area (Å²) >= 11 is 0. The van der Waals surface area contributed by atoms with Crippen LogP contribution < -0.4 is 0 Å². The van der Waals surface area contributed by atoms with Gasteiger partial charge in [0.15, 0.2) is 0 Å². The molecule has 0 bridgehead atoms. The second kappa shape index (κ2) is 8.01. The van der Waals surface area contributed by atoms with Crippen LogP contribution in [0.1, 0.15) is 33.0 Å². The van der Waals surface area contributed by atoms with E-state index in [1.165, 1.54) is 24.5 Å². The van der Waals surface area contributed by atoms with Gasteiger partial charge in [-0.1, -0.05) is 12.5 Å². The number of aromatic nitrogens is 2. The molecule has 0 spiro atoms. The third-order valence-electron chi connectivity index (χ3n) is 3.77. The zero-order valence-corrected chi connectivity index (χ0v) is 16.6. The lowest BCUT2D eigenvalue weighted by molar-refractivity contribution is -0.139. The molecule has 0 fully saturated rings. The van der Waals surface area contributed by atoms with Gasteiger partial charge in [0.1, 0.15) is 12.4 Å². The van der Waals surface area contributed by atoms with Gasteiger partial charge in [0.25, 0.3) is 0 Å². The van der Waals surface area contributed by atoms with Gasteiger partial charge in [-0.15, -0.1) is 0 Å². The van der Waals surface area contributed by atoms with E-state index in [1.807, 2.05) is 25.3 Å². The molecule has 2 rings (SSSR count). The minimum Gasteiger partial charge on any atom is -0.454 e. The third-order valence-corrected chi connectivity index (χ3v) is 5.59. The summed E-state index contributed by atoms with van der Waals surface area (Å²) in [5.41, 5.74) is 2.24. The number of fused-ring (bicyclic) bond motifs is 1. The number of aryl methyl sites for hydroxylation is 1. The van der Waals surface area contributed by atoms with Crippen molar-refractivity contribution in [1.82, 2.24) is 13.9 Å². The van der Waals surface area contributed by atoms with Crippen molar-refractivity contribution in [2.45, 2.75) is 45.2 Å². The Labute approximate surface area is 154 Å². The van der Waals surface area contributed by atoms with E-state index in [0.717, 1.165) is 17.5 Å². The predicted octanol–water partition coefficient (Wildman–Crippen LogP) is 2.71. The summed E-state index contributed by atoms with van der Waals surface area (Å²) in [6.45, 7) is 6.41. The maximum Gasteiger partial charge on any atom is 0.331 e. The van der Waals surface area contributed by atoms with Crippen molar-refractivity contribution in [3.63, 3.8) is 0 Å². The number of carbonyl (C=O) groups is 1. The van der Waals surface area contributed by atoms with E-state index in [0.29, 0.717) is 17.9 Å². The van der Waals surface area contributed by atoms with Gasteiger partial charge in [-0.2, -0.15) is 0 Å². The van der Waals surface area contributed by atoms with Gasteiger partial charge in [-0.05, 0) is 38.5 Å². The molecule has 0 aliphatic heterocycles. The molecule has 0 radical (unpaired) electrons. The molecule has 0 atom stereocenters. The number of imidazole rings is 1. The number of ether oxygens (including phenoxy) is 1. The molecule has 0 aliphatic rings. The van der Waals surface area contributed by atoms with Crippen molar-refractivity contribution in [2.75, 3.05) is 14.1 Å². The Morgan fingerprint density at radius 2 is 2.00 bits per heavy atom. The van der Waals surface area contributed by atoms with E-state index in [1.54, 1.807) is 18.2 Å². The van der Waals surface area contributed by atoms with E-state index in [4.69, 9.17) is 4.74 Å². The largest absolute Gasteiger partial charge is 0.454 e. The molecular weight excluding hydrogens is 354 g/mol. The fourth-order valence-electron chi connectivity index (χ4n) is 2.53. The van der Waals surface area contributed by atoms with Gasteiger partial charge >= 0.3 is 5.97 Å². The summed E-state index contributed by atoms with van der Waals surface area (Å²) in [6.07, 6.45) is 2.30. The van der Waals surface area contributed by atoms with Crippen molar-refractivity contribution < 1.29 is 17.9 Å². The molecule has 0 N–H and O–H groups in total. The van der Waals surface area contributed by atoms with E-state index in [9.17, 15) is 13.2 Å². The van der Waals surface area contributed by atoms with Crippen LogP contribution in [0.25, 0.3) is 11.0 Å². The number of sulfonamides is 1. The Morgan fingerprint density at radius 1 is 1.31 bits per heavy atom. The highest BCUT2D eigenvalue weighted by atomic mass is 32.2. The number of esters is 1. The van der Waals surface area contributed by atoms with Crippen LogP contribution in [-0.4, -0.2) is 42.3 Å². The fraction of sp³-hybridized carbons (Fsp3) is 0.444. The molecule has 26 heavy (non-hydrogen) atoms. The summed E-state index contributed by atoms with van der Waals surface area (Å²) in [4.78, 5) is 16.4. The summed E-state index contributed by atoms with van der Waals surface area (Å²) in [7, 11) is -0.554. The van der Waals surface area contributed by atoms with Gasteiger partial charge < -0.3 is 9.30 Å². The topological polar surface area (TPSA) is 81.5 Å². The van der Waals surface area contributed by atoms with Crippen LogP contribution in [0.5, 0.6) is 0 Å². The molecule has 1 heterocycles.